The summed E-state index contributed by atoms with van der Waals surface area (Å²) in [5.41, 5.74) is 4.56. The highest BCUT2D eigenvalue weighted by molar-refractivity contribution is 6.30. The van der Waals surface area contributed by atoms with E-state index in [1.807, 2.05) is 42.5 Å². The van der Waals surface area contributed by atoms with Crippen LogP contribution in [0.4, 0.5) is 0 Å². The van der Waals surface area contributed by atoms with Crippen molar-refractivity contribution in [3.05, 3.63) is 58.6 Å². The second-order valence-electron chi connectivity index (χ2n) is 4.23. The lowest BCUT2D eigenvalue weighted by Gasteiger charge is -2.22. The Labute approximate surface area is 123 Å². The average molecular weight is 293 g/mol. The maximum absolute atomic E-state index is 6.05. The standard InChI is InChI=1S/C15H17ClN2O2/c1-19-12-7-4-8-13(20-2)14(12)15(18-17)10-5-3-6-11(16)9-10/h3-9,15,18H,17H2,1-2H3. The number of nitrogens with two attached hydrogens (primary N) is 1. The van der Waals surface area contributed by atoms with Crippen molar-refractivity contribution in [1.82, 2.24) is 5.43 Å². The Morgan fingerprint density at radius 3 is 2.15 bits per heavy atom. The molecule has 0 aromatic heterocycles. The molecule has 3 N–H and O–H groups in total. The minimum Gasteiger partial charge on any atom is -0.496 e. The fraction of sp³-hybridized carbons (Fsp3) is 0.200. The Morgan fingerprint density at radius 2 is 1.65 bits per heavy atom. The first kappa shape index (κ1) is 14.7. The summed E-state index contributed by atoms with van der Waals surface area (Å²) in [6.07, 6.45) is 0. The van der Waals surface area contributed by atoms with Crippen molar-refractivity contribution in [3.63, 3.8) is 0 Å². The van der Waals surface area contributed by atoms with Gasteiger partial charge < -0.3 is 9.47 Å². The minimum atomic E-state index is -0.278. The average Bonchev–Trinajstić information content (AvgIpc) is 2.48. The van der Waals surface area contributed by atoms with Gasteiger partial charge in [-0.2, -0.15) is 0 Å². The van der Waals surface area contributed by atoms with Crippen LogP contribution < -0.4 is 20.7 Å². The zero-order valence-electron chi connectivity index (χ0n) is 11.4. The molecule has 0 bridgehead atoms. The van der Waals surface area contributed by atoms with Crippen molar-refractivity contribution in [1.29, 1.82) is 0 Å². The fourth-order valence-corrected chi connectivity index (χ4v) is 2.40. The van der Waals surface area contributed by atoms with E-state index in [1.165, 1.54) is 0 Å². The maximum Gasteiger partial charge on any atom is 0.127 e. The van der Waals surface area contributed by atoms with Crippen LogP contribution in [0.1, 0.15) is 17.2 Å². The first-order valence-electron chi connectivity index (χ1n) is 6.13. The van der Waals surface area contributed by atoms with Crippen LogP contribution in [-0.2, 0) is 0 Å². The van der Waals surface area contributed by atoms with Gasteiger partial charge in [0.15, 0.2) is 0 Å². The molecule has 1 atom stereocenters. The zero-order valence-corrected chi connectivity index (χ0v) is 12.1. The van der Waals surface area contributed by atoms with Crippen LogP contribution in [0.15, 0.2) is 42.5 Å². The van der Waals surface area contributed by atoms with Gasteiger partial charge in [-0.05, 0) is 29.8 Å². The Balaban J connectivity index is 2.57. The molecule has 0 heterocycles. The first-order valence-corrected chi connectivity index (χ1v) is 6.51. The molecule has 0 saturated heterocycles. The molecule has 0 radical (unpaired) electrons. The highest BCUT2D eigenvalue weighted by Gasteiger charge is 2.21. The molecule has 0 fully saturated rings. The molecule has 4 nitrogen and oxygen atoms in total. The molecular formula is C15H17ClN2O2. The molecule has 2 aromatic rings. The lowest BCUT2D eigenvalue weighted by atomic mass is 9.97. The van der Waals surface area contributed by atoms with E-state index in [0.29, 0.717) is 16.5 Å². The van der Waals surface area contributed by atoms with E-state index in [2.05, 4.69) is 5.43 Å². The highest BCUT2D eigenvalue weighted by Crippen LogP contribution is 2.37. The van der Waals surface area contributed by atoms with Gasteiger partial charge in [-0.25, -0.2) is 5.43 Å². The molecule has 0 aliphatic heterocycles. The van der Waals surface area contributed by atoms with Crippen LogP contribution in [0.5, 0.6) is 11.5 Å². The third-order valence-corrected chi connectivity index (χ3v) is 3.34. The van der Waals surface area contributed by atoms with Crippen molar-refractivity contribution >= 4 is 11.6 Å². The Morgan fingerprint density at radius 1 is 1.05 bits per heavy atom. The quantitative estimate of drug-likeness (QED) is 0.657. The van der Waals surface area contributed by atoms with Crippen molar-refractivity contribution in [2.45, 2.75) is 6.04 Å². The van der Waals surface area contributed by atoms with Crippen LogP contribution in [0.25, 0.3) is 0 Å². The fourth-order valence-electron chi connectivity index (χ4n) is 2.20. The molecule has 0 aliphatic carbocycles. The van der Waals surface area contributed by atoms with E-state index in [0.717, 1.165) is 11.1 Å². The molecule has 1 unspecified atom stereocenters. The molecule has 0 amide bonds. The topological polar surface area (TPSA) is 56.5 Å². The number of methoxy groups -OCH3 is 2. The molecule has 0 saturated carbocycles. The molecule has 0 aliphatic rings. The van der Waals surface area contributed by atoms with Gasteiger partial charge in [0.25, 0.3) is 0 Å². The summed E-state index contributed by atoms with van der Waals surface area (Å²) in [6, 6.07) is 12.8. The van der Waals surface area contributed by atoms with Gasteiger partial charge in [-0.3, -0.25) is 5.84 Å². The number of nitrogens with one attached hydrogen (secondary N) is 1. The van der Waals surface area contributed by atoms with Gasteiger partial charge >= 0.3 is 0 Å². The third kappa shape index (κ3) is 2.88. The van der Waals surface area contributed by atoms with Crippen LogP contribution >= 0.6 is 11.6 Å². The second kappa shape index (κ2) is 6.61. The highest BCUT2D eigenvalue weighted by atomic mass is 35.5. The zero-order chi connectivity index (χ0) is 14.5. The Hall–Kier alpha value is -1.75. The van der Waals surface area contributed by atoms with E-state index in [4.69, 9.17) is 26.9 Å². The van der Waals surface area contributed by atoms with Crippen molar-refractivity contribution in [3.8, 4) is 11.5 Å². The van der Waals surface area contributed by atoms with Crippen molar-refractivity contribution in [2.24, 2.45) is 5.84 Å². The number of rotatable bonds is 5. The predicted molar refractivity (Wildman–Crippen MR) is 80.2 cm³/mol. The number of ether oxygens (including phenoxy) is 2. The SMILES string of the molecule is COc1cccc(OC)c1C(NN)c1cccc(Cl)c1. The second-order valence-corrected chi connectivity index (χ2v) is 4.67. The van der Waals surface area contributed by atoms with Crippen LogP contribution in [0.3, 0.4) is 0 Å². The largest absolute Gasteiger partial charge is 0.496 e. The first-order chi connectivity index (χ1) is 9.71. The monoisotopic (exact) mass is 292 g/mol. The summed E-state index contributed by atoms with van der Waals surface area (Å²) in [5, 5.41) is 0.650. The van der Waals surface area contributed by atoms with E-state index >= 15 is 0 Å². The number of hydrazine groups is 1. The normalized spacial score (nSPS) is 12.0. The van der Waals surface area contributed by atoms with Gasteiger partial charge in [0.05, 0.1) is 25.8 Å². The number of hydrogen-bond acceptors (Lipinski definition) is 4. The summed E-state index contributed by atoms with van der Waals surface area (Å²) in [4.78, 5) is 0. The molecular weight excluding hydrogens is 276 g/mol. The van der Waals surface area contributed by atoms with Gasteiger partial charge in [0.2, 0.25) is 0 Å². The molecule has 5 heteroatoms. The summed E-state index contributed by atoms with van der Waals surface area (Å²) in [6.45, 7) is 0. The molecule has 106 valence electrons. The van der Waals surface area contributed by atoms with E-state index in [1.54, 1.807) is 14.2 Å². The van der Waals surface area contributed by atoms with E-state index in [9.17, 15) is 0 Å². The van der Waals surface area contributed by atoms with Crippen LogP contribution in [0, 0.1) is 0 Å². The van der Waals surface area contributed by atoms with Gasteiger partial charge in [-0.15, -0.1) is 0 Å². The summed E-state index contributed by atoms with van der Waals surface area (Å²) in [5.74, 6) is 7.13. The van der Waals surface area contributed by atoms with Gasteiger partial charge in [0, 0.05) is 5.02 Å². The summed E-state index contributed by atoms with van der Waals surface area (Å²) < 4.78 is 10.8. The third-order valence-electron chi connectivity index (χ3n) is 3.10. The molecule has 2 aromatic carbocycles. The maximum atomic E-state index is 6.05. The summed E-state index contributed by atoms with van der Waals surface area (Å²) in [7, 11) is 3.23. The lowest BCUT2D eigenvalue weighted by molar-refractivity contribution is 0.377. The van der Waals surface area contributed by atoms with Crippen molar-refractivity contribution in [2.75, 3.05) is 14.2 Å². The van der Waals surface area contributed by atoms with Crippen LogP contribution in [-0.4, -0.2) is 14.2 Å². The van der Waals surface area contributed by atoms with Gasteiger partial charge in [0.1, 0.15) is 11.5 Å². The molecule has 2 rings (SSSR count). The predicted octanol–water partition coefficient (Wildman–Crippen LogP) is 2.91. The molecule has 20 heavy (non-hydrogen) atoms. The molecule has 0 spiro atoms. The van der Waals surface area contributed by atoms with E-state index < -0.39 is 0 Å². The smallest absolute Gasteiger partial charge is 0.127 e. The van der Waals surface area contributed by atoms with E-state index in [-0.39, 0.29) is 6.04 Å². The number of hydrogen-bond donors (Lipinski definition) is 2. The lowest BCUT2D eigenvalue weighted by Crippen LogP contribution is -2.29. The summed E-state index contributed by atoms with van der Waals surface area (Å²) >= 11 is 6.05. The Bertz CT molecular complexity index is 568. The van der Waals surface area contributed by atoms with Crippen LogP contribution in [0.2, 0.25) is 5.02 Å². The number of halogens is 1. The van der Waals surface area contributed by atoms with Crippen molar-refractivity contribution < 1.29 is 9.47 Å². The van der Waals surface area contributed by atoms with Gasteiger partial charge in [-0.1, -0.05) is 29.8 Å². The number of benzene rings is 2. The minimum absolute atomic E-state index is 0.278. The Kier molecular flexibility index (Phi) is 4.84.